The highest BCUT2D eigenvalue weighted by molar-refractivity contribution is 8.00. The van der Waals surface area contributed by atoms with Crippen LogP contribution in [0.2, 0.25) is 0 Å². The molecule has 216 valence electrons. The van der Waals surface area contributed by atoms with Crippen LogP contribution in [0.15, 0.2) is 75.9 Å². The number of nitrogens with one attached hydrogen (secondary N) is 1. The van der Waals surface area contributed by atoms with Crippen molar-refractivity contribution < 1.29 is 32.3 Å². The van der Waals surface area contributed by atoms with E-state index in [1.807, 2.05) is 17.5 Å². The minimum absolute atomic E-state index is 0.0668. The summed E-state index contributed by atoms with van der Waals surface area (Å²) in [6, 6.07) is 14.4. The van der Waals surface area contributed by atoms with Crippen molar-refractivity contribution in [1.29, 1.82) is 0 Å². The summed E-state index contributed by atoms with van der Waals surface area (Å²) in [6.45, 7) is -0.479. The molecule has 3 amide bonds. The lowest BCUT2D eigenvalue weighted by molar-refractivity contribution is -0.137. The number of alkyl halides is 3. The summed E-state index contributed by atoms with van der Waals surface area (Å²) in [6.07, 6.45) is -4.58. The lowest BCUT2D eigenvalue weighted by Crippen LogP contribution is -2.32. The SMILES string of the molecule is COc1ccc(N2C(=O)C3Sc4c(sc(=O)n4CC(=O)Nc4cccc(C(F)(F)F)c4)[C@H](c4cccs4)C3C2=O)cc1. The molecule has 0 saturated carbocycles. The first-order valence-electron chi connectivity index (χ1n) is 12.5. The van der Waals surface area contributed by atoms with Crippen molar-refractivity contribution in [2.24, 2.45) is 5.92 Å². The van der Waals surface area contributed by atoms with E-state index in [2.05, 4.69) is 5.32 Å². The second-order valence-corrected chi connectivity index (χ2v) is 12.6. The molecular formula is C28H20F3N3O5S3. The molecule has 1 N–H and O–H groups in total. The molecule has 0 spiro atoms. The average molecular weight is 632 g/mol. The maximum absolute atomic E-state index is 13.8. The Balaban J connectivity index is 1.34. The number of methoxy groups -OCH3 is 1. The summed E-state index contributed by atoms with van der Waals surface area (Å²) in [5.41, 5.74) is -0.591. The zero-order valence-corrected chi connectivity index (χ0v) is 24.0. The summed E-state index contributed by atoms with van der Waals surface area (Å²) in [7, 11) is 1.51. The van der Waals surface area contributed by atoms with Crippen molar-refractivity contribution in [1.82, 2.24) is 4.57 Å². The number of imide groups is 1. The number of rotatable bonds is 6. The fourth-order valence-corrected chi connectivity index (χ4v) is 8.85. The number of thiophene rings is 1. The van der Waals surface area contributed by atoms with E-state index in [0.29, 0.717) is 21.3 Å². The van der Waals surface area contributed by atoms with E-state index in [1.165, 1.54) is 35.1 Å². The summed E-state index contributed by atoms with van der Waals surface area (Å²) in [4.78, 5) is 55.7. The standard InChI is InChI=1S/C28H20F3N3O5S3/c1-39-17-9-7-16(8-10-17)34-24(36)21-20(18-6-3-11-40-18)23-26(41-22(21)25(34)37)33(27(38)42-23)13-19(35)32-15-5-2-4-14(12-15)28(29,30)31/h2-12,20-22H,13H2,1H3,(H,32,35)/t20-,21?,22?/m1/s1. The van der Waals surface area contributed by atoms with Crippen LogP contribution in [-0.4, -0.2) is 34.6 Å². The Morgan fingerprint density at radius 1 is 1.02 bits per heavy atom. The molecule has 6 rings (SSSR count). The van der Waals surface area contributed by atoms with Crippen molar-refractivity contribution in [3.63, 3.8) is 0 Å². The van der Waals surface area contributed by atoms with Gasteiger partial charge in [0, 0.05) is 21.4 Å². The van der Waals surface area contributed by atoms with E-state index in [9.17, 15) is 32.3 Å². The molecule has 4 heterocycles. The molecule has 0 aliphatic carbocycles. The minimum Gasteiger partial charge on any atom is -0.497 e. The van der Waals surface area contributed by atoms with E-state index in [0.717, 1.165) is 45.0 Å². The molecule has 2 aliphatic rings. The van der Waals surface area contributed by atoms with Crippen molar-refractivity contribution in [2.45, 2.75) is 28.9 Å². The van der Waals surface area contributed by atoms with Gasteiger partial charge >= 0.3 is 11.0 Å². The predicted molar refractivity (Wildman–Crippen MR) is 153 cm³/mol. The number of fused-ring (bicyclic) bond motifs is 2. The summed E-state index contributed by atoms with van der Waals surface area (Å²) in [5.74, 6) is -2.33. The van der Waals surface area contributed by atoms with Crippen LogP contribution in [0.25, 0.3) is 0 Å². The van der Waals surface area contributed by atoms with Crippen LogP contribution in [-0.2, 0) is 27.1 Å². The van der Waals surface area contributed by atoms with Crippen LogP contribution in [0, 0.1) is 5.92 Å². The van der Waals surface area contributed by atoms with Crippen molar-refractivity contribution in [3.05, 3.63) is 91.0 Å². The number of carbonyl (C=O) groups excluding carboxylic acids is 3. The molecule has 3 atom stereocenters. The van der Waals surface area contributed by atoms with Crippen molar-refractivity contribution >= 4 is 63.5 Å². The van der Waals surface area contributed by atoms with Gasteiger partial charge < -0.3 is 10.1 Å². The molecule has 2 aromatic carbocycles. The number of nitrogens with zero attached hydrogens (tertiary/aromatic N) is 2. The second kappa shape index (κ2) is 10.7. The Kier molecular flexibility index (Phi) is 7.23. The van der Waals surface area contributed by atoms with E-state index in [4.69, 9.17) is 4.74 Å². The van der Waals surface area contributed by atoms with Gasteiger partial charge in [0.1, 0.15) is 17.5 Å². The first-order valence-corrected chi connectivity index (χ1v) is 15.1. The quantitative estimate of drug-likeness (QED) is 0.285. The molecule has 0 radical (unpaired) electrons. The number of ether oxygens (including phenoxy) is 1. The van der Waals surface area contributed by atoms with E-state index >= 15 is 0 Å². The first-order chi connectivity index (χ1) is 20.1. The number of amides is 3. The zero-order valence-electron chi connectivity index (χ0n) is 21.6. The number of carbonyl (C=O) groups is 3. The van der Waals surface area contributed by atoms with Crippen molar-refractivity contribution in [3.8, 4) is 5.75 Å². The Morgan fingerprint density at radius 3 is 2.45 bits per heavy atom. The Labute approximate surface area is 248 Å². The van der Waals surface area contributed by atoms with Gasteiger partial charge in [-0.25, -0.2) is 4.90 Å². The average Bonchev–Trinajstić information content (AvgIpc) is 3.66. The third kappa shape index (κ3) is 4.92. The topological polar surface area (TPSA) is 97.7 Å². The van der Waals surface area contributed by atoms with Crippen LogP contribution in [0.1, 0.15) is 21.2 Å². The first kappa shape index (κ1) is 28.2. The van der Waals surface area contributed by atoms with Crippen LogP contribution in [0.3, 0.4) is 0 Å². The number of benzene rings is 2. The molecular weight excluding hydrogens is 612 g/mol. The fourth-order valence-electron chi connectivity index (χ4n) is 5.13. The zero-order chi connectivity index (χ0) is 29.8. The highest BCUT2D eigenvalue weighted by Gasteiger charge is 2.57. The third-order valence-corrected chi connectivity index (χ3v) is 10.6. The van der Waals surface area contributed by atoms with E-state index in [-0.39, 0.29) is 11.6 Å². The van der Waals surface area contributed by atoms with Gasteiger partial charge in [-0.1, -0.05) is 35.2 Å². The molecule has 0 bridgehead atoms. The summed E-state index contributed by atoms with van der Waals surface area (Å²) < 4.78 is 45.8. The number of hydrogen-bond donors (Lipinski definition) is 1. The number of thiazole rings is 1. The Morgan fingerprint density at radius 2 is 1.79 bits per heavy atom. The lowest BCUT2D eigenvalue weighted by Gasteiger charge is -2.29. The van der Waals surface area contributed by atoms with Gasteiger partial charge in [0.05, 0.1) is 29.3 Å². The Hall–Kier alpha value is -3.88. The van der Waals surface area contributed by atoms with Crippen LogP contribution in [0.4, 0.5) is 24.5 Å². The number of aromatic nitrogens is 1. The monoisotopic (exact) mass is 631 g/mol. The lowest BCUT2D eigenvalue weighted by atomic mass is 9.87. The predicted octanol–water partition coefficient (Wildman–Crippen LogP) is 5.43. The highest BCUT2D eigenvalue weighted by atomic mass is 32.2. The maximum Gasteiger partial charge on any atom is 0.416 e. The third-order valence-electron chi connectivity index (χ3n) is 7.00. The van der Waals surface area contributed by atoms with Crippen LogP contribution in [0.5, 0.6) is 5.75 Å². The smallest absolute Gasteiger partial charge is 0.416 e. The molecule has 42 heavy (non-hydrogen) atoms. The van der Waals surface area contributed by atoms with E-state index in [1.54, 1.807) is 24.3 Å². The van der Waals surface area contributed by atoms with Gasteiger partial charge in [-0.3, -0.25) is 23.7 Å². The molecule has 2 unspecified atom stereocenters. The van der Waals surface area contributed by atoms with Gasteiger partial charge in [0.25, 0.3) is 0 Å². The van der Waals surface area contributed by atoms with Crippen LogP contribution >= 0.6 is 34.4 Å². The molecule has 2 aromatic heterocycles. The molecule has 2 aliphatic heterocycles. The summed E-state index contributed by atoms with van der Waals surface area (Å²) >= 11 is 3.36. The minimum atomic E-state index is -4.58. The largest absolute Gasteiger partial charge is 0.497 e. The van der Waals surface area contributed by atoms with Crippen LogP contribution < -0.4 is 19.8 Å². The molecule has 1 saturated heterocycles. The Bertz CT molecular complexity index is 1750. The number of hydrogen-bond acceptors (Lipinski definition) is 8. The normalized spacial score (nSPS) is 19.9. The van der Waals surface area contributed by atoms with Gasteiger partial charge in [-0.05, 0) is 53.9 Å². The fraction of sp³-hybridized carbons (Fsp3) is 0.214. The molecule has 1 fully saturated rings. The van der Waals surface area contributed by atoms with Gasteiger partial charge in [0.2, 0.25) is 17.7 Å². The molecule has 8 nitrogen and oxygen atoms in total. The number of anilines is 2. The molecule has 4 aromatic rings. The van der Waals surface area contributed by atoms with E-state index < -0.39 is 52.1 Å². The van der Waals surface area contributed by atoms with Gasteiger partial charge in [-0.2, -0.15) is 13.2 Å². The van der Waals surface area contributed by atoms with Gasteiger partial charge in [-0.15, -0.1) is 11.3 Å². The molecule has 14 heteroatoms. The number of halogens is 3. The number of thioether (sulfide) groups is 1. The maximum atomic E-state index is 13.8. The second-order valence-electron chi connectivity index (χ2n) is 9.52. The van der Waals surface area contributed by atoms with Gasteiger partial charge in [0.15, 0.2) is 0 Å². The van der Waals surface area contributed by atoms with Crippen molar-refractivity contribution in [2.75, 3.05) is 17.3 Å². The summed E-state index contributed by atoms with van der Waals surface area (Å²) in [5, 5.41) is 3.80. The highest BCUT2D eigenvalue weighted by Crippen LogP contribution is 2.54.